The first-order valence-electron chi connectivity index (χ1n) is 9.93. The van der Waals surface area contributed by atoms with E-state index in [4.69, 9.17) is 0 Å². The number of aliphatic hydroxyl groups is 1. The second-order valence-corrected chi connectivity index (χ2v) is 9.00. The van der Waals surface area contributed by atoms with Crippen molar-refractivity contribution in [3.05, 3.63) is 60.2 Å². The van der Waals surface area contributed by atoms with Crippen molar-refractivity contribution in [3.63, 3.8) is 0 Å². The van der Waals surface area contributed by atoms with Crippen LogP contribution >= 0.6 is 0 Å². The number of sulfonamides is 1. The van der Waals surface area contributed by atoms with Crippen LogP contribution in [0.4, 0.5) is 5.69 Å². The molecule has 0 radical (unpaired) electrons. The molecule has 0 amide bonds. The van der Waals surface area contributed by atoms with Crippen LogP contribution in [-0.2, 0) is 10.0 Å². The van der Waals surface area contributed by atoms with Crippen molar-refractivity contribution in [2.75, 3.05) is 30.5 Å². The first kappa shape index (κ1) is 22.4. The predicted molar refractivity (Wildman–Crippen MR) is 115 cm³/mol. The van der Waals surface area contributed by atoms with E-state index >= 15 is 0 Å². The van der Waals surface area contributed by atoms with Gasteiger partial charge in [-0.15, -0.1) is 0 Å². The van der Waals surface area contributed by atoms with Gasteiger partial charge in [-0.05, 0) is 57.1 Å². The van der Waals surface area contributed by atoms with E-state index < -0.39 is 16.1 Å². The van der Waals surface area contributed by atoms with E-state index in [1.54, 1.807) is 48.5 Å². The van der Waals surface area contributed by atoms with Gasteiger partial charge < -0.3 is 10.0 Å². The van der Waals surface area contributed by atoms with E-state index in [-0.39, 0.29) is 11.4 Å². The van der Waals surface area contributed by atoms with E-state index in [9.17, 15) is 13.5 Å². The highest BCUT2D eigenvalue weighted by Crippen LogP contribution is 2.24. The molecule has 154 valence electrons. The summed E-state index contributed by atoms with van der Waals surface area (Å²) in [4.78, 5) is 2.42. The Balaban J connectivity index is 2.29. The molecule has 2 aromatic rings. The molecule has 0 aromatic heterocycles. The Bertz CT molecular complexity index is 801. The van der Waals surface area contributed by atoms with Crippen molar-refractivity contribution in [1.29, 1.82) is 0 Å². The number of rotatable bonds is 11. The van der Waals surface area contributed by atoms with Gasteiger partial charge in [0.15, 0.2) is 0 Å². The molecule has 0 aliphatic heterocycles. The maximum absolute atomic E-state index is 13.3. The molecule has 0 saturated carbocycles. The summed E-state index contributed by atoms with van der Waals surface area (Å²) in [6.07, 6.45) is 1.21. The van der Waals surface area contributed by atoms with Crippen molar-refractivity contribution in [2.45, 2.75) is 44.6 Å². The molecule has 0 aliphatic rings. The number of benzene rings is 2. The average molecular weight is 405 g/mol. The largest absolute Gasteiger partial charge is 0.390 e. The Kier molecular flexibility index (Phi) is 8.48. The van der Waals surface area contributed by atoms with Gasteiger partial charge in [0.25, 0.3) is 10.0 Å². The lowest BCUT2D eigenvalue weighted by Crippen LogP contribution is -2.43. The van der Waals surface area contributed by atoms with Gasteiger partial charge in [0.1, 0.15) is 0 Å². The van der Waals surface area contributed by atoms with Crippen LogP contribution in [0, 0.1) is 6.92 Å². The van der Waals surface area contributed by atoms with Crippen LogP contribution in [-0.4, -0.2) is 50.7 Å². The lowest BCUT2D eigenvalue weighted by atomic mass is 10.2. The van der Waals surface area contributed by atoms with Gasteiger partial charge in [-0.1, -0.05) is 49.7 Å². The van der Waals surface area contributed by atoms with Crippen molar-refractivity contribution < 1.29 is 13.5 Å². The minimum atomic E-state index is -3.77. The zero-order chi connectivity index (χ0) is 20.6. The number of nitrogens with zero attached hydrogens (tertiary/aromatic N) is 2. The summed E-state index contributed by atoms with van der Waals surface area (Å²) in [5.74, 6) is 0. The molecule has 6 heteroatoms. The lowest BCUT2D eigenvalue weighted by molar-refractivity contribution is 0.119. The second kappa shape index (κ2) is 10.6. The summed E-state index contributed by atoms with van der Waals surface area (Å²) in [6.45, 7) is 8.38. The second-order valence-electron chi connectivity index (χ2n) is 7.14. The van der Waals surface area contributed by atoms with E-state index in [2.05, 4.69) is 18.7 Å². The zero-order valence-electron chi connectivity index (χ0n) is 17.1. The Morgan fingerprint density at radius 3 is 2.00 bits per heavy atom. The molecule has 28 heavy (non-hydrogen) atoms. The molecule has 1 N–H and O–H groups in total. The number of aryl methyl sites for hydroxylation is 1. The van der Waals surface area contributed by atoms with E-state index in [1.165, 1.54) is 4.31 Å². The Labute approximate surface area is 169 Å². The SMILES string of the molecule is CCCN(CCC)C[C@@H](O)CN(c1ccccc1)S(=O)(=O)c1ccc(C)cc1. The molecule has 0 aliphatic carbocycles. The quantitative estimate of drug-likeness (QED) is 0.621. The highest BCUT2D eigenvalue weighted by Gasteiger charge is 2.27. The summed E-state index contributed by atoms with van der Waals surface area (Å²) in [6, 6.07) is 15.8. The van der Waals surface area contributed by atoms with Gasteiger partial charge in [0.05, 0.1) is 23.2 Å². The van der Waals surface area contributed by atoms with Gasteiger partial charge >= 0.3 is 0 Å². The molecule has 0 heterocycles. The molecule has 2 rings (SSSR count). The summed E-state index contributed by atoms with van der Waals surface area (Å²) in [7, 11) is -3.77. The monoisotopic (exact) mass is 404 g/mol. The molecule has 0 unspecified atom stereocenters. The predicted octanol–water partition coefficient (Wildman–Crippen LogP) is 3.67. The average Bonchev–Trinajstić information content (AvgIpc) is 2.67. The standard InChI is InChI=1S/C22H32N2O3S/c1-4-15-23(16-5-2)17-21(25)18-24(20-9-7-6-8-10-20)28(26,27)22-13-11-19(3)12-14-22/h6-14,21,25H,4-5,15-18H2,1-3H3/t21-/m1/s1. The van der Waals surface area contributed by atoms with E-state index in [0.717, 1.165) is 31.5 Å². The van der Waals surface area contributed by atoms with Gasteiger partial charge in [0.2, 0.25) is 0 Å². The van der Waals surface area contributed by atoms with Crippen molar-refractivity contribution >= 4 is 15.7 Å². The minimum absolute atomic E-state index is 0.0180. The van der Waals surface area contributed by atoms with Crippen molar-refractivity contribution in [3.8, 4) is 0 Å². The summed E-state index contributed by atoms with van der Waals surface area (Å²) in [5, 5.41) is 10.7. The lowest BCUT2D eigenvalue weighted by Gasteiger charge is -2.30. The number of hydrogen-bond donors (Lipinski definition) is 1. The van der Waals surface area contributed by atoms with Crippen LogP contribution in [0.1, 0.15) is 32.3 Å². The third-order valence-corrected chi connectivity index (χ3v) is 6.39. The normalized spacial score (nSPS) is 12.9. The number of anilines is 1. The first-order valence-corrected chi connectivity index (χ1v) is 11.4. The molecular weight excluding hydrogens is 372 g/mol. The molecule has 0 spiro atoms. The van der Waals surface area contributed by atoms with Gasteiger partial charge in [-0.25, -0.2) is 8.42 Å². The zero-order valence-corrected chi connectivity index (χ0v) is 17.9. The summed E-state index contributed by atoms with van der Waals surface area (Å²) in [5.41, 5.74) is 1.56. The number of hydrogen-bond acceptors (Lipinski definition) is 4. The van der Waals surface area contributed by atoms with Crippen LogP contribution in [0.3, 0.4) is 0 Å². The molecule has 1 atom stereocenters. The van der Waals surface area contributed by atoms with Crippen LogP contribution < -0.4 is 4.31 Å². The highest BCUT2D eigenvalue weighted by molar-refractivity contribution is 7.92. The molecule has 5 nitrogen and oxygen atoms in total. The fourth-order valence-electron chi connectivity index (χ4n) is 3.25. The van der Waals surface area contributed by atoms with Crippen LogP contribution in [0.15, 0.2) is 59.5 Å². The Hall–Kier alpha value is -1.89. The van der Waals surface area contributed by atoms with Crippen LogP contribution in [0.5, 0.6) is 0 Å². The Morgan fingerprint density at radius 1 is 0.893 bits per heavy atom. The highest BCUT2D eigenvalue weighted by atomic mass is 32.2. The molecule has 0 fully saturated rings. The summed E-state index contributed by atoms with van der Waals surface area (Å²) < 4.78 is 28.0. The van der Waals surface area contributed by atoms with Crippen molar-refractivity contribution in [1.82, 2.24) is 4.90 Å². The van der Waals surface area contributed by atoms with Crippen LogP contribution in [0.25, 0.3) is 0 Å². The first-order chi connectivity index (χ1) is 13.4. The van der Waals surface area contributed by atoms with E-state index in [0.29, 0.717) is 12.2 Å². The Morgan fingerprint density at radius 2 is 1.46 bits per heavy atom. The van der Waals surface area contributed by atoms with Crippen LogP contribution in [0.2, 0.25) is 0 Å². The van der Waals surface area contributed by atoms with E-state index in [1.807, 2.05) is 13.0 Å². The third kappa shape index (κ3) is 6.06. The van der Waals surface area contributed by atoms with Gasteiger partial charge in [-0.3, -0.25) is 4.31 Å². The van der Waals surface area contributed by atoms with Gasteiger partial charge in [-0.2, -0.15) is 0 Å². The third-order valence-electron chi connectivity index (χ3n) is 4.58. The fourth-order valence-corrected chi connectivity index (χ4v) is 4.75. The smallest absolute Gasteiger partial charge is 0.264 e. The van der Waals surface area contributed by atoms with Gasteiger partial charge in [0, 0.05) is 6.54 Å². The summed E-state index contributed by atoms with van der Waals surface area (Å²) >= 11 is 0. The van der Waals surface area contributed by atoms with Crippen molar-refractivity contribution in [2.24, 2.45) is 0 Å². The molecule has 0 bridgehead atoms. The molecule has 2 aromatic carbocycles. The molecule has 0 saturated heterocycles. The maximum Gasteiger partial charge on any atom is 0.264 e. The number of para-hydroxylation sites is 1. The molecular formula is C22H32N2O3S. The number of aliphatic hydroxyl groups excluding tert-OH is 1. The minimum Gasteiger partial charge on any atom is -0.390 e. The maximum atomic E-state index is 13.3. The topological polar surface area (TPSA) is 60.9 Å². The fraction of sp³-hybridized carbons (Fsp3) is 0.455.